The van der Waals surface area contributed by atoms with E-state index in [2.05, 4.69) is 41.2 Å². The Hall–Kier alpha value is -0.240. The zero-order valence-electron chi connectivity index (χ0n) is 6.37. The first-order valence-electron chi connectivity index (χ1n) is 3.53. The van der Waals surface area contributed by atoms with Gasteiger partial charge in [0.2, 0.25) is 0 Å². The van der Waals surface area contributed by atoms with Gasteiger partial charge in [0.05, 0.1) is 4.61 Å². The van der Waals surface area contributed by atoms with Crippen LogP contribution in [0.15, 0.2) is 21.8 Å². The summed E-state index contributed by atoms with van der Waals surface area (Å²) in [5.74, 6) is 0. The SMILES string of the molecule is CCC1=C(C)C=C(Br)NC1. The lowest BCUT2D eigenvalue weighted by molar-refractivity contribution is 0.848. The van der Waals surface area contributed by atoms with Crippen LogP contribution in [0.5, 0.6) is 0 Å². The van der Waals surface area contributed by atoms with Crippen molar-refractivity contribution >= 4 is 15.9 Å². The lowest BCUT2D eigenvalue weighted by Gasteiger charge is -2.15. The Labute approximate surface area is 70.3 Å². The Morgan fingerprint density at radius 1 is 1.70 bits per heavy atom. The van der Waals surface area contributed by atoms with Crippen molar-refractivity contribution in [3.05, 3.63) is 21.8 Å². The molecule has 0 aromatic carbocycles. The molecule has 0 unspecified atom stereocenters. The van der Waals surface area contributed by atoms with E-state index in [1.54, 1.807) is 0 Å². The monoisotopic (exact) mass is 201 g/mol. The summed E-state index contributed by atoms with van der Waals surface area (Å²) in [7, 11) is 0. The van der Waals surface area contributed by atoms with Gasteiger partial charge in [0.1, 0.15) is 0 Å². The zero-order chi connectivity index (χ0) is 7.56. The molecule has 0 radical (unpaired) electrons. The molecule has 0 fully saturated rings. The first kappa shape index (κ1) is 7.86. The molecule has 1 heterocycles. The molecule has 1 nitrogen and oxygen atoms in total. The molecule has 2 heteroatoms. The average molecular weight is 202 g/mol. The van der Waals surface area contributed by atoms with Crippen molar-refractivity contribution in [1.29, 1.82) is 0 Å². The van der Waals surface area contributed by atoms with Gasteiger partial charge in [-0.25, -0.2) is 0 Å². The predicted molar refractivity (Wildman–Crippen MR) is 48.0 cm³/mol. The van der Waals surface area contributed by atoms with Crippen LogP contribution in [-0.4, -0.2) is 6.54 Å². The van der Waals surface area contributed by atoms with E-state index in [1.165, 1.54) is 11.1 Å². The molecular formula is C8H12BrN. The highest BCUT2D eigenvalue weighted by Gasteiger charge is 2.04. The summed E-state index contributed by atoms with van der Waals surface area (Å²) in [6.07, 6.45) is 3.28. The summed E-state index contributed by atoms with van der Waals surface area (Å²) < 4.78 is 1.10. The molecule has 0 aromatic rings. The fourth-order valence-corrected chi connectivity index (χ4v) is 1.56. The molecule has 0 bridgehead atoms. The third-order valence-electron chi connectivity index (χ3n) is 1.80. The third kappa shape index (κ3) is 1.63. The van der Waals surface area contributed by atoms with E-state index in [-0.39, 0.29) is 0 Å². The van der Waals surface area contributed by atoms with E-state index in [0.29, 0.717) is 0 Å². The summed E-state index contributed by atoms with van der Waals surface area (Å²) in [6, 6.07) is 0. The molecule has 0 saturated carbocycles. The zero-order valence-corrected chi connectivity index (χ0v) is 7.96. The summed E-state index contributed by atoms with van der Waals surface area (Å²) in [4.78, 5) is 0. The summed E-state index contributed by atoms with van der Waals surface area (Å²) >= 11 is 3.40. The largest absolute Gasteiger partial charge is 0.376 e. The Kier molecular flexibility index (Phi) is 2.55. The van der Waals surface area contributed by atoms with Gasteiger partial charge in [0.25, 0.3) is 0 Å². The van der Waals surface area contributed by atoms with Gasteiger partial charge in [-0.2, -0.15) is 0 Å². The Morgan fingerprint density at radius 2 is 2.40 bits per heavy atom. The van der Waals surface area contributed by atoms with Crippen molar-refractivity contribution in [3.8, 4) is 0 Å². The van der Waals surface area contributed by atoms with Crippen molar-refractivity contribution in [2.45, 2.75) is 20.3 Å². The molecule has 0 amide bonds. The minimum Gasteiger partial charge on any atom is -0.376 e. The van der Waals surface area contributed by atoms with Gasteiger partial charge in [-0.3, -0.25) is 0 Å². The molecule has 56 valence electrons. The maximum atomic E-state index is 3.40. The van der Waals surface area contributed by atoms with Gasteiger partial charge in [0, 0.05) is 6.54 Å². The van der Waals surface area contributed by atoms with Gasteiger partial charge in [-0.15, -0.1) is 0 Å². The Morgan fingerprint density at radius 3 is 2.90 bits per heavy atom. The topological polar surface area (TPSA) is 12.0 Å². The van der Waals surface area contributed by atoms with E-state index in [0.717, 1.165) is 17.6 Å². The van der Waals surface area contributed by atoms with Crippen molar-refractivity contribution in [1.82, 2.24) is 5.32 Å². The van der Waals surface area contributed by atoms with Crippen LogP contribution in [0.1, 0.15) is 20.3 Å². The maximum absolute atomic E-state index is 3.40. The van der Waals surface area contributed by atoms with Crippen molar-refractivity contribution in [3.63, 3.8) is 0 Å². The number of hydrogen-bond acceptors (Lipinski definition) is 1. The van der Waals surface area contributed by atoms with E-state index < -0.39 is 0 Å². The molecule has 0 aliphatic carbocycles. The first-order valence-corrected chi connectivity index (χ1v) is 4.33. The van der Waals surface area contributed by atoms with Crippen LogP contribution in [0.2, 0.25) is 0 Å². The lowest BCUT2D eigenvalue weighted by atomic mass is 10.1. The second kappa shape index (κ2) is 3.24. The second-order valence-electron chi connectivity index (χ2n) is 2.49. The van der Waals surface area contributed by atoms with Crippen LogP contribution >= 0.6 is 15.9 Å². The van der Waals surface area contributed by atoms with Gasteiger partial charge < -0.3 is 5.32 Å². The highest BCUT2D eigenvalue weighted by Crippen LogP contribution is 2.17. The second-order valence-corrected chi connectivity index (χ2v) is 3.34. The van der Waals surface area contributed by atoms with Crippen LogP contribution < -0.4 is 5.32 Å². The minimum absolute atomic E-state index is 0.999. The van der Waals surface area contributed by atoms with Crippen LogP contribution in [0.4, 0.5) is 0 Å². The van der Waals surface area contributed by atoms with E-state index in [4.69, 9.17) is 0 Å². The number of nitrogens with one attached hydrogen (secondary N) is 1. The van der Waals surface area contributed by atoms with Gasteiger partial charge in [0.15, 0.2) is 0 Å². The van der Waals surface area contributed by atoms with Gasteiger partial charge in [-0.05, 0) is 46.5 Å². The molecule has 1 aliphatic rings. The summed E-state index contributed by atoms with van der Waals surface area (Å²) in [5.41, 5.74) is 2.90. The molecule has 0 aromatic heterocycles. The minimum atomic E-state index is 0.999. The smallest absolute Gasteiger partial charge is 0.0785 e. The average Bonchev–Trinajstić information content (AvgIpc) is 1.88. The molecule has 1 rings (SSSR count). The van der Waals surface area contributed by atoms with E-state index in [1.807, 2.05) is 0 Å². The summed E-state index contributed by atoms with van der Waals surface area (Å²) in [6.45, 7) is 5.34. The van der Waals surface area contributed by atoms with Crippen LogP contribution in [-0.2, 0) is 0 Å². The fourth-order valence-electron chi connectivity index (χ4n) is 1.08. The number of allylic oxidation sites excluding steroid dienone is 2. The molecule has 0 spiro atoms. The molecule has 0 saturated heterocycles. The van der Waals surface area contributed by atoms with E-state index >= 15 is 0 Å². The molecule has 1 aliphatic heterocycles. The number of hydrogen-bond donors (Lipinski definition) is 1. The van der Waals surface area contributed by atoms with Crippen molar-refractivity contribution in [2.75, 3.05) is 6.54 Å². The molecule has 0 atom stereocenters. The molecule has 10 heavy (non-hydrogen) atoms. The quantitative estimate of drug-likeness (QED) is 0.644. The summed E-state index contributed by atoms with van der Waals surface area (Å²) in [5, 5.41) is 3.23. The lowest BCUT2D eigenvalue weighted by Crippen LogP contribution is -2.17. The Bertz CT molecular complexity index is 191. The van der Waals surface area contributed by atoms with Crippen LogP contribution in [0.25, 0.3) is 0 Å². The molecular weight excluding hydrogens is 190 g/mol. The highest BCUT2D eigenvalue weighted by atomic mass is 79.9. The van der Waals surface area contributed by atoms with Crippen LogP contribution in [0.3, 0.4) is 0 Å². The van der Waals surface area contributed by atoms with Gasteiger partial charge in [-0.1, -0.05) is 6.92 Å². The standard InChI is InChI=1S/C8H12BrN/c1-3-7-5-10-8(9)4-6(7)2/h4,10H,3,5H2,1-2H3. The Balaban J connectivity index is 2.80. The fraction of sp³-hybridized carbons (Fsp3) is 0.500. The van der Waals surface area contributed by atoms with Crippen molar-refractivity contribution in [2.24, 2.45) is 0 Å². The van der Waals surface area contributed by atoms with Crippen molar-refractivity contribution < 1.29 is 0 Å². The predicted octanol–water partition coefficient (Wildman–Crippen LogP) is 2.55. The highest BCUT2D eigenvalue weighted by molar-refractivity contribution is 9.11. The number of halogens is 1. The number of dihydropyridines is 1. The third-order valence-corrected chi connectivity index (χ3v) is 2.31. The first-order chi connectivity index (χ1) is 4.74. The normalized spacial score (nSPS) is 18.5. The van der Waals surface area contributed by atoms with Gasteiger partial charge >= 0.3 is 0 Å². The number of rotatable bonds is 1. The molecule has 1 N–H and O–H groups in total. The van der Waals surface area contributed by atoms with Crippen LogP contribution in [0, 0.1) is 0 Å². The maximum Gasteiger partial charge on any atom is 0.0785 e. The van der Waals surface area contributed by atoms with E-state index in [9.17, 15) is 0 Å².